The zero-order valence-corrected chi connectivity index (χ0v) is 25.8. The summed E-state index contributed by atoms with van der Waals surface area (Å²) in [6, 6.07) is 42.0. The molecule has 226 valence electrons. The first-order valence-corrected chi connectivity index (χ1v) is 15.4. The van der Waals surface area contributed by atoms with Crippen molar-refractivity contribution in [2.75, 3.05) is 0 Å². The lowest BCUT2D eigenvalue weighted by Gasteiger charge is -2.10. The first-order valence-electron chi connectivity index (χ1n) is 15.4. The number of ether oxygens (including phenoxy) is 2. The van der Waals surface area contributed by atoms with E-state index in [-0.39, 0.29) is 0 Å². The van der Waals surface area contributed by atoms with Crippen molar-refractivity contribution in [2.45, 2.75) is 13.8 Å². The van der Waals surface area contributed by atoms with Gasteiger partial charge in [0.2, 0.25) is 5.95 Å². The summed E-state index contributed by atoms with van der Waals surface area (Å²) in [5.41, 5.74) is 7.58. The fourth-order valence-electron chi connectivity index (χ4n) is 5.84. The number of aromatic nitrogens is 5. The third kappa shape index (κ3) is 5.66. The molecule has 0 aliphatic rings. The van der Waals surface area contributed by atoms with E-state index in [1.165, 1.54) is 0 Å². The van der Waals surface area contributed by atoms with Crippen LogP contribution in [0.3, 0.4) is 0 Å². The van der Waals surface area contributed by atoms with Crippen LogP contribution in [-0.2, 0) is 0 Å². The summed E-state index contributed by atoms with van der Waals surface area (Å²) in [6.07, 6.45) is 3.49. The van der Waals surface area contributed by atoms with E-state index in [1.54, 1.807) is 12.4 Å². The van der Waals surface area contributed by atoms with Crippen molar-refractivity contribution in [3.63, 3.8) is 0 Å². The maximum absolute atomic E-state index is 6.41. The van der Waals surface area contributed by atoms with Gasteiger partial charge in [-0.1, -0.05) is 36.4 Å². The van der Waals surface area contributed by atoms with Crippen molar-refractivity contribution in [3.05, 3.63) is 151 Å². The molecular weight excluding hydrogens is 582 g/mol. The van der Waals surface area contributed by atoms with E-state index < -0.39 is 0 Å². The number of pyridine rings is 2. The van der Waals surface area contributed by atoms with Gasteiger partial charge >= 0.3 is 0 Å². The van der Waals surface area contributed by atoms with E-state index >= 15 is 0 Å². The minimum Gasteiger partial charge on any atom is -0.457 e. The summed E-state index contributed by atoms with van der Waals surface area (Å²) in [4.78, 5) is 18.6. The second-order valence-corrected chi connectivity index (χ2v) is 11.3. The molecular formula is C40H29N5O2. The van der Waals surface area contributed by atoms with Gasteiger partial charge in [0.1, 0.15) is 23.0 Å². The highest BCUT2D eigenvalue weighted by atomic mass is 16.5. The van der Waals surface area contributed by atoms with Crippen molar-refractivity contribution in [3.8, 4) is 51.5 Å². The number of benzene rings is 4. The van der Waals surface area contributed by atoms with Gasteiger partial charge in [-0.2, -0.15) is 0 Å². The van der Waals surface area contributed by atoms with Crippen molar-refractivity contribution >= 4 is 21.8 Å². The fourth-order valence-corrected chi connectivity index (χ4v) is 5.84. The highest BCUT2D eigenvalue weighted by molar-refractivity contribution is 6.09. The maximum atomic E-state index is 6.41. The summed E-state index contributed by atoms with van der Waals surface area (Å²) in [5.74, 6) is 3.40. The van der Waals surface area contributed by atoms with Crippen LogP contribution in [0.5, 0.6) is 23.0 Å². The second-order valence-electron chi connectivity index (χ2n) is 11.3. The van der Waals surface area contributed by atoms with E-state index in [2.05, 4.69) is 32.1 Å². The van der Waals surface area contributed by atoms with Crippen LogP contribution in [0.25, 0.3) is 50.3 Å². The Morgan fingerprint density at radius 1 is 0.468 bits per heavy atom. The van der Waals surface area contributed by atoms with Crippen LogP contribution in [0, 0.1) is 13.8 Å². The normalized spacial score (nSPS) is 11.2. The number of rotatable bonds is 7. The first-order chi connectivity index (χ1) is 23.1. The van der Waals surface area contributed by atoms with Gasteiger partial charge in [-0.3, -0.25) is 14.5 Å². The van der Waals surface area contributed by atoms with Gasteiger partial charge in [-0.25, -0.2) is 9.97 Å². The standard InChI is InChI=1S/C40H29N5O2/c1-26-8-3-14-36(43-26)28-10-5-12-30(22-28)46-32-16-18-34-35-19-17-33(25-39(35)45(38(34)24-32)40-41-20-7-21-42-40)47-31-13-6-11-29(23-31)37-15-4-9-27(2)44-37/h3-25H,1-2H3. The summed E-state index contributed by atoms with van der Waals surface area (Å²) >= 11 is 0. The molecule has 4 aromatic heterocycles. The molecule has 0 unspecified atom stereocenters. The Labute approximate surface area is 271 Å². The molecule has 47 heavy (non-hydrogen) atoms. The molecule has 0 N–H and O–H groups in total. The molecule has 7 heteroatoms. The summed E-state index contributed by atoms with van der Waals surface area (Å²) in [5, 5.41) is 2.10. The van der Waals surface area contributed by atoms with Crippen LogP contribution in [-0.4, -0.2) is 24.5 Å². The molecule has 7 nitrogen and oxygen atoms in total. The number of hydrogen-bond acceptors (Lipinski definition) is 6. The highest BCUT2D eigenvalue weighted by Gasteiger charge is 2.17. The van der Waals surface area contributed by atoms with Crippen LogP contribution in [0.15, 0.2) is 140 Å². The van der Waals surface area contributed by atoms with Gasteiger partial charge in [-0.15, -0.1) is 0 Å². The van der Waals surface area contributed by atoms with Gasteiger partial charge in [0.05, 0.1) is 22.4 Å². The molecule has 0 spiro atoms. The Bertz CT molecular complexity index is 2250. The molecule has 4 heterocycles. The van der Waals surface area contributed by atoms with Crippen LogP contribution < -0.4 is 9.47 Å². The molecule has 0 saturated heterocycles. The average Bonchev–Trinajstić information content (AvgIpc) is 3.41. The predicted molar refractivity (Wildman–Crippen MR) is 185 cm³/mol. The lowest BCUT2D eigenvalue weighted by molar-refractivity contribution is 0.483. The van der Waals surface area contributed by atoms with Crippen molar-refractivity contribution in [2.24, 2.45) is 0 Å². The molecule has 8 aromatic rings. The highest BCUT2D eigenvalue weighted by Crippen LogP contribution is 2.37. The molecule has 4 aromatic carbocycles. The Morgan fingerprint density at radius 3 is 1.43 bits per heavy atom. The van der Waals surface area contributed by atoms with E-state index in [9.17, 15) is 0 Å². The number of fused-ring (bicyclic) bond motifs is 3. The Hall–Kier alpha value is -6.34. The van der Waals surface area contributed by atoms with E-state index in [0.29, 0.717) is 17.4 Å². The van der Waals surface area contributed by atoms with E-state index in [0.717, 1.165) is 67.2 Å². The minimum absolute atomic E-state index is 0.557. The smallest absolute Gasteiger partial charge is 0.234 e. The monoisotopic (exact) mass is 611 g/mol. The van der Waals surface area contributed by atoms with Gasteiger partial charge < -0.3 is 9.47 Å². The van der Waals surface area contributed by atoms with Crippen molar-refractivity contribution < 1.29 is 9.47 Å². The van der Waals surface area contributed by atoms with Gasteiger partial charge in [0, 0.05) is 57.8 Å². The lowest BCUT2D eigenvalue weighted by Crippen LogP contribution is -2.00. The molecule has 0 fully saturated rings. The van der Waals surface area contributed by atoms with Crippen LogP contribution >= 0.6 is 0 Å². The number of hydrogen-bond donors (Lipinski definition) is 0. The molecule has 0 saturated carbocycles. The van der Waals surface area contributed by atoms with Gasteiger partial charge in [-0.05, 0) is 92.7 Å². The maximum Gasteiger partial charge on any atom is 0.234 e. The molecule has 0 atom stereocenters. The Balaban J connectivity index is 1.18. The second kappa shape index (κ2) is 11.9. The molecule has 0 aliphatic heterocycles. The SMILES string of the molecule is Cc1cccc(-c2cccc(Oc3ccc4c5ccc(Oc6cccc(-c7cccc(C)n7)c6)cc5n(-c5ncccn5)c4c3)c2)n1. The van der Waals surface area contributed by atoms with Crippen molar-refractivity contribution in [1.29, 1.82) is 0 Å². The summed E-state index contributed by atoms with van der Waals surface area (Å²) < 4.78 is 14.9. The molecule has 0 bridgehead atoms. The third-order valence-electron chi connectivity index (χ3n) is 7.97. The molecule has 8 rings (SSSR count). The fraction of sp³-hybridized carbons (Fsp3) is 0.0500. The summed E-state index contributed by atoms with van der Waals surface area (Å²) in [6.45, 7) is 3.98. The first kappa shape index (κ1) is 28.2. The zero-order chi connectivity index (χ0) is 31.7. The van der Waals surface area contributed by atoms with Crippen LogP contribution in [0.1, 0.15) is 11.4 Å². The number of aryl methyl sites for hydroxylation is 2. The average molecular weight is 612 g/mol. The predicted octanol–water partition coefficient (Wildman–Crippen LogP) is 9.90. The Morgan fingerprint density at radius 2 is 0.936 bits per heavy atom. The lowest BCUT2D eigenvalue weighted by atomic mass is 10.1. The minimum atomic E-state index is 0.557. The topological polar surface area (TPSA) is 75.0 Å². The van der Waals surface area contributed by atoms with Crippen molar-refractivity contribution in [1.82, 2.24) is 24.5 Å². The molecule has 0 amide bonds. The van der Waals surface area contributed by atoms with Crippen LogP contribution in [0.4, 0.5) is 0 Å². The molecule has 0 aliphatic carbocycles. The van der Waals surface area contributed by atoms with E-state index in [1.807, 2.05) is 134 Å². The zero-order valence-electron chi connectivity index (χ0n) is 25.8. The molecule has 0 radical (unpaired) electrons. The largest absolute Gasteiger partial charge is 0.457 e. The third-order valence-corrected chi connectivity index (χ3v) is 7.97. The van der Waals surface area contributed by atoms with Gasteiger partial charge in [0.25, 0.3) is 0 Å². The van der Waals surface area contributed by atoms with Gasteiger partial charge in [0.15, 0.2) is 0 Å². The number of nitrogens with zero attached hydrogens (tertiary/aromatic N) is 5. The Kier molecular flexibility index (Phi) is 7.11. The van der Waals surface area contributed by atoms with Crippen LogP contribution in [0.2, 0.25) is 0 Å². The quantitative estimate of drug-likeness (QED) is 0.179. The van der Waals surface area contributed by atoms with E-state index in [4.69, 9.17) is 9.47 Å². The summed E-state index contributed by atoms with van der Waals surface area (Å²) in [7, 11) is 0.